The molecule has 43 heavy (non-hydrogen) atoms. The SMILES string of the molecule is NC(=O)C(C1CC1)N1CCC(c2cccc(OCc3ccc(Cl)cc3F)n2)CC1.O=C(O)c1cccc(C[C@H]2CCO2)c1. The number of carboxylic acids is 1. The lowest BCUT2D eigenvalue weighted by molar-refractivity contribution is -0.124. The van der Waals surface area contributed by atoms with Crippen LogP contribution in [0.2, 0.25) is 5.02 Å². The number of ether oxygens (including phenoxy) is 2. The second-order valence-corrected chi connectivity index (χ2v) is 11.8. The Balaban J connectivity index is 0.000000220. The van der Waals surface area contributed by atoms with Gasteiger partial charge in [-0.05, 0) is 93.4 Å². The predicted octanol–water partition coefficient (Wildman–Crippen LogP) is 5.61. The fourth-order valence-corrected chi connectivity index (χ4v) is 5.82. The maximum atomic E-state index is 13.9. The minimum atomic E-state index is -0.874. The number of likely N-dealkylation sites (tertiary alicyclic amines) is 1. The smallest absolute Gasteiger partial charge is 0.335 e. The highest BCUT2D eigenvalue weighted by Gasteiger charge is 2.40. The van der Waals surface area contributed by atoms with Gasteiger partial charge < -0.3 is 20.3 Å². The molecular weight excluding hydrogens is 573 g/mol. The molecule has 3 fully saturated rings. The molecule has 1 aliphatic carbocycles. The minimum absolute atomic E-state index is 0.0968. The highest BCUT2D eigenvalue weighted by Crippen LogP contribution is 2.38. The molecular formula is C33H37ClFN3O5. The number of primary amides is 1. The van der Waals surface area contributed by atoms with Gasteiger partial charge in [0.15, 0.2) is 0 Å². The van der Waals surface area contributed by atoms with Crippen LogP contribution in [0.15, 0.2) is 60.7 Å². The zero-order chi connectivity index (χ0) is 30.3. The van der Waals surface area contributed by atoms with Crippen molar-refractivity contribution < 1.29 is 28.6 Å². The lowest BCUT2D eigenvalue weighted by Crippen LogP contribution is -2.49. The van der Waals surface area contributed by atoms with Crippen molar-refractivity contribution in [2.45, 2.75) is 63.2 Å². The summed E-state index contributed by atoms with van der Waals surface area (Å²) in [7, 11) is 0. The van der Waals surface area contributed by atoms with Gasteiger partial charge in [-0.25, -0.2) is 14.2 Å². The topological polar surface area (TPSA) is 115 Å². The first-order valence-electron chi connectivity index (χ1n) is 14.8. The fraction of sp³-hybridized carbons (Fsp3) is 0.424. The summed E-state index contributed by atoms with van der Waals surface area (Å²) in [4.78, 5) is 29.4. The number of benzene rings is 2. The number of nitrogens with zero attached hydrogens (tertiary/aromatic N) is 2. The van der Waals surface area contributed by atoms with E-state index in [0.29, 0.717) is 40.0 Å². The van der Waals surface area contributed by atoms with E-state index in [4.69, 9.17) is 31.9 Å². The summed E-state index contributed by atoms with van der Waals surface area (Å²) >= 11 is 5.79. The molecule has 8 nitrogen and oxygen atoms in total. The fourth-order valence-electron chi connectivity index (χ4n) is 5.66. The van der Waals surface area contributed by atoms with Crippen LogP contribution in [0.3, 0.4) is 0 Å². The Morgan fingerprint density at radius 1 is 1.07 bits per heavy atom. The number of nitrogens with two attached hydrogens (primary N) is 1. The van der Waals surface area contributed by atoms with Gasteiger partial charge in [-0.2, -0.15) is 0 Å². The number of hydrogen-bond acceptors (Lipinski definition) is 6. The maximum absolute atomic E-state index is 13.9. The summed E-state index contributed by atoms with van der Waals surface area (Å²) < 4.78 is 24.9. The van der Waals surface area contributed by atoms with E-state index >= 15 is 0 Å². The maximum Gasteiger partial charge on any atom is 0.335 e. The second-order valence-electron chi connectivity index (χ2n) is 11.4. The number of pyridine rings is 1. The minimum Gasteiger partial charge on any atom is -0.478 e. The Bertz CT molecular complexity index is 1420. The van der Waals surface area contributed by atoms with Crippen molar-refractivity contribution in [3.63, 3.8) is 0 Å². The molecule has 2 aromatic carbocycles. The standard InChI is InChI=1S/C22H25ClFN3O2.C11H12O3/c23-17-7-6-16(18(24)12-17)13-29-20-3-1-2-19(26-20)14-8-10-27(11-9-14)21(22(25)28)15-4-5-15;12-11(13)9-3-1-2-8(6-9)7-10-4-5-14-10/h1-3,6-7,12,14-15,21H,4-5,8-11,13H2,(H2,25,28);1-3,6,10H,4-5,7H2,(H,12,13)/t;10-/m.1/s1. The molecule has 0 radical (unpaired) electrons. The van der Waals surface area contributed by atoms with Crippen LogP contribution < -0.4 is 10.5 Å². The van der Waals surface area contributed by atoms with Crippen molar-refractivity contribution in [2.24, 2.45) is 11.7 Å². The number of rotatable bonds is 10. The molecule has 1 aromatic heterocycles. The summed E-state index contributed by atoms with van der Waals surface area (Å²) in [5.41, 5.74) is 8.43. The Hall–Kier alpha value is -3.53. The van der Waals surface area contributed by atoms with Crippen molar-refractivity contribution in [3.8, 4) is 5.88 Å². The Labute approximate surface area is 256 Å². The van der Waals surface area contributed by atoms with Gasteiger partial charge in [0.25, 0.3) is 0 Å². The summed E-state index contributed by atoms with van der Waals surface area (Å²) in [6, 6.07) is 17.1. The molecule has 0 spiro atoms. The van der Waals surface area contributed by atoms with Gasteiger partial charge in [0.05, 0.1) is 17.7 Å². The Morgan fingerprint density at radius 2 is 1.81 bits per heavy atom. The van der Waals surface area contributed by atoms with Gasteiger partial charge in [0, 0.05) is 34.9 Å². The summed E-state index contributed by atoms with van der Waals surface area (Å²) in [6.07, 6.45) is 6.25. The number of halogens is 2. The van der Waals surface area contributed by atoms with E-state index < -0.39 is 5.97 Å². The largest absolute Gasteiger partial charge is 0.478 e. The number of carbonyl (C=O) groups is 2. The van der Waals surface area contributed by atoms with E-state index in [1.54, 1.807) is 36.4 Å². The van der Waals surface area contributed by atoms with Gasteiger partial charge in [-0.3, -0.25) is 9.69 Å². The van der Waals surface area contributed by atoms with Crippen molar-refractivity contribution in [3.05, 3.63) is 93.9 Å². The summed E-state index contributed by atoms with van der Waals surface area (Å²) in [6.45, 7) is 2.62. The molecule has 3 N–H and O–H groups in total. The highest BCUT2D eigenvalue weighted by atomic mass is 35.5. The molecule has 1 unspecified atom stereocenters. The number of amides is 1. The molecule has 3 aromatic rings. The molecule has 2 aliphatic heterocycles. The number of aromatic carboxylic acids is 1. The number of aromatic nitrogens is 1. The molecule has 2 saturated heterocycles. The van der Waals surface area contributed by atoms with Crippen LogP contribution in [0.4, 0.5) is 4.39 Å². The van der Waals surface area contributed by atoms with Crippen LogP contribution in [-0.4, -0.2) is 58.7 Å². The zero-order valence-electron chi connectivity index (χ0n) is 24.0. The zero-order valence-corrected chi connectivity index (χ0v) is 24.7. The molecule has 3 heterocycles. The number of carboxylic acid groups (broad SMARTS) is 1. The summed E-state index contributed by atoms with van der Waals surface area (Å²) in [5.74, 6) is -0.231. The number of carbonyl (C=O) groups excluding carboxylic acids is 1. The van der Waals surface area contributed by atoms with Gasteiger partial charge in [-0.1, -0.05) is 35.9 Å². The quantitative estimate of drug-likeness (QED) is 0.307. The highest BCUT2D eigenvalue weighted by molar-refractivity contribution is 6.30. The van der Waals surface area contributed by atoms with Gasteiger partial charge in [0.2, 0.25) is 11.8 Å². The van der Waals surface area contributed by atoms with Crippen LogP contribution in [0.25, 0.3) is 0 Å². The third-order valence-electron chi connectivity index (χ3n) is 8.27. The second kappa shape index (κ2) is 14.3. The molecule has 2 atom stereocenters. The molecule has 1 saturated carbocycles. The Kier molecular flexibility index (Phi) is 10.3. The molecule has 6 rings (SSSR count). The van der Waals surface area contributed by atoms with Gasteiger partial charge >= 0.3 is 5.97 Å². The van der Waals surface area contributed by atoms with E-state index in [9.17, 15) is 14.0 Å². The van der Waals surface area contributed by atoms with Crippen LogP contribution >= 0.6 is 11.6 Å². The van der Waals surface area contributed by atoms with Crippen LogP contribution in [0.1, 0.15) is 65.2 Å². The molecule has 0 bridgehead atoms. The first kappa shape index (κ1) is 30.9. The summed E-state index contributed by atoms with van der Waals surface area (Å²) in [5, 5.41) is 9.14. The van der Waals surface area contributed by atoms with E-state index in [1.165, 1.54) is 6.07 Å². The van der Waals surface area contributed by atoms with Crippen LogP contribution in [0.5, 0.6) is 5.88 Å². The third kappa shape index (κ3) is 8.53. The van der Waals surface area contributed by atoms with Crippen molar-refractivity contribution in [2.75, 3.05) is 19.7 Å². The van der Waals surface area contributed by atoms with Crippen molar-refractivity contribution >= 4 is 23.5 Å². The number of hydrogen-bond donors (Lipinski definition) is 2. The first-order chi connectivity index (χ1) is 20.8. The van der Waals surface area contributed by atoms with E-state index in [1.807, 2.05) is 18.2 Å². The van der Waals surface area contributed by atoms with Gasteiger partial charge in [-0.15, -0.1) is 0 Å². The Morgan fingerprint density at radius 3 is 2.44 bits per heavy atom. The monoisotopic (exact) mass is 609 g/mol. The molecule has 10 heteroatoms. The first-order valence-corrected chi connectivity index (χ1v) is 15.2. The van der Waals surface area contributed by atoms with E-state index in [0.717, 1.165) is 69.5 Å². The molecule has 228 valence electrons. The van der Waals surface area contributed by atoms with E-state index in [2.05, 4.69) is 9.88 Å². The molecule has 3 aliphatic rings. The van der Waals surface area contributed by atoms with Crippen molar-refractivity contribution in [1.82, 2.24) is 9.88 Å². The average molecular weight is 610 g/mol. The predicted molar refractivity (Wildman–Crippen MR) is 161 cm³/mol. The van der Waals surface area contributed by atoms with Crippen LogP contribution in [0, 0.1) is 11.7 Å². The normalized spacial score (nSPS) is 19.4. The van der Waals surface area contributed by atoms with Gasteiger partial charge in [0.1, 0.15) is 12.4 Å². The van der Waals surface area contributed by atoms with Crippen LogP contribution in [-0.2, 0) is 22.6 Å². The van der Waals surface area contributed by atoms with E-state index in [-0.39, 0.29) is 24.4 Å². The average Bonchev–Trinajstić information content (AvgIpc) is 3.81. The lowest BCUT2D eigenvalue weighted by atomic mass is 9.91. The number of piperidine rings is 1. The van der Waals surface area contributed by atoms with Crippen molar-refractivity contribution in [1.29, 1.82) is 0 Å². The lowest BCUT2D eigenvalue weighted by Gasteiger charge is -2.36. The third-order valence-corrected chi connectivity index (χ3v) is 8.50. The molecule has 1 amide bonds.